The number of carbonyl (C=O) groups excluding carboxylic acids is 1. The highest BCUT2D eigenvalue weighted by Crippen LogP contribution is 2.25. The molecule has 1 amide bonds. The molecular formula is C16H13BrN2O2S. The number of aromatic nitrogens is 1. The molecule has 2 aromatic heterocycles. The van der Waals surface area contributed by atoms with Crippen molar-refractivity contribution < 1.29 is 9.32 Å². The van der Waals surface area contributed by atoms with Crippen LogP contribution in [0.15, 0.2) is 56.8 Å². The van der Waals surface area contributed by atoms with E-state index in [9.17, 15) is 4.79 Å². The Kier molecular flexibility index (Phi) is 4.40. The Balaban J connectivity index is 1.70. The number of carbonyl (C=O) groups is 1. The lowest BCUT2D eigenvalue weighted by Gasteiger charge is -2.13. The molecule has 0 aliphatic heterocycles. The number of thiophene rings is 1. The summed E-state index contributed by atoms with van der Waals surface area (Å²) in [6.45, 7) is 1.93. The summed E-state index contributed by atoms with van der Waals surface area (Å²) in [5.41, 5.74) is 1.31. The number of amides is 1. The molecule has 0 spiro atoms. The molecule has 0 aliphatic rings. The van der Waals surface area contributed by atoms with Crippen molar-refractivity contribution in [2.45, 2.75) is 13.0 Å². The molecule has 0 aliphatic carbocycles. The largest absolute Gasteiger partial charge is 0.355 e. The lowest BCUT2D eigenvalue weighted by atomic mass is 10.1. The van der Waals surface area contributed by atoms with Crippen LogP contribution in [0.1, 0.15) is 29.0 Å². The quantitative estimate of drug-likeness (QED) is 0.720. The summed E-state index contributed by atoms with van der Waals surface area (Å²) in [5, 5.41) is 8.71. The fourth-order valence-electron chi connectivity index (χ4n) is 2.02. The van der Waals surface area contributed by atoms with Crippen LogP contribution in [0.5, 0.6) is 0 Å². The fraction of sp³-hybridized carbons (Fsp3) is 0.125. The number of benzene rings is 1. The smallest absolute Gasteiger partial charge is 0.273 e. The maximum absolute atomic E-state index is 12.2. The molecule has 3 aromatic rings. The summed E-state index contributed by atoms with van der Waals surface area (Å²) in [7, 11) is 0. The van der Waals surface area contributed by atoms with Crippen molar-refractivity contribution in [3.63, 3.8) is 0 Å². The molecule has 2 heterocycles. The van der Waals surface area contributed by atoms with E-state index in [4.69, 9.17) is 4.52 Å². The average molecular weight is 377 g/mol. The van der Waals surface area contributed by atoms with E-state index in [0.717, 1.165) is 14.9 Å². The van der Waals surface area contributed by atoms with Crippen LogP contribution in [-0.2, 0) is 0 Å². The van der Waals surface area contributed by atoms with Crippen LogP contribution in [0, 0.1) is 0 Å². The van der Waals surface area contributed by atoms with Gasteiger partial charge in [0.1, 0.15) is 0 Å². The van der Waals surface area contributed by atoms with Gasteiger partial charge in [-0.1, -0.05) is 39.3 Å². The fourth-order valence-corrected chi connectivity index (χ4v) is 2.96. The third kappa shape index (κ3) is 3.28. The average Bonchev–Trinajstić information content (AvgIpc) is 3.19. The van der Waals surface area contributed by atoms with E-state index in [1.54, 1.807) is 17.4 Å². The summed E-state index contributed by atoms with van der Waals surface area (Å²) in [6, 6.07) is 13.2. The van der Waals surface area contributed by atoms with E-state index in [0.29, 0.717) is 5.76 Å². The normalized spacial score (nSPS) is 12.1. The van der Waals surface area contributed by atoms with Gasteiger partial charge in [0.05, 0.1) is 10.9 Å². The van der Waals surface area contributed by atoms with Crippen molar-refractivity contribution in [1.82, 2.24) is 10.5 Å². The number of halogens is 1. The SMILES string of the molecule is CC(NC(=O)c1cc(-c2cccs2)on1)c1ccc(Br)cc1. The summed E-state index contributed by atoms with van der Waals surface area (Å²) in [5.74, 6) is 0.360. The Labute approximate surface area is 140 Å². The lowest BCUT2D eigenvalue weighted by molar-refractivity contribution is 0.0931. The zero-order chi connectivity index (χ0) is 15.5. The molecule has 0 saturated heterocycles. The molecule has 0 radical (unpaired) electrons. The zero-order valence-corrected chi connectivity index (χ0v) is 14.1. The van der Waals surface area contributed by atoms with Crippen molar-refractivity contribution in [3.8, 4) is 10.6 Å². The van der Waals surface area contributed by atoms with E-state index >= 15 is 0 Å². The second-order valence-electron chi connectivity index (χ2n) is 4.80. The third-order valence-electron chi connectivity index (χ3n) is 3.22. The minimum absolute atomic E-state index is 0.109. The minimum Gasteiger partial charge on any atom is -0.355 e. The molecule has 0 bridgehead atoms. The van der Waals surface area contributed by atoms with Crippen LogP contribution in [0.25, 0.3) is 10.6 Å². The van der Waals surface area contributed by atoms with Gasteiger partial charge in [-0.15, -0.1) is 11.3 Å². The van der Waals surface area contributed by atoms with Crippen LogP contribution in [0.2, 0.25) is 0 Å². The monoisotopic (exact) mass is 376 g/mol. The molecule has 0 saturated carbocycles. The molecule has 1 unspecified atom stereocenters. The van der Waals surface area contributed by atoms with Gasteiger partial charge in [0, 0.05) is 10.5 Å². The highest BCUT2D eigenvalue weighted by Gasteiger charge is 2.16. The number of hydrogen-bond donors (Lipinski definition) is 1. The number of hydrogen-bond acceptors (Lipinski definition) is 4. The molecule has 1 aromatic carbocycles. The van der Waals surface area contributed by atoms with Crippen molar-refractivity contribution in [2.24, 2.45) is 0 Å². The molecule has 112 valence electrons. The third-order valence-corrected chi connectivity index (χ3v) is 4.64. The van der Waals surface area contributed by atoms with Gasteiger partial charge >= 0.3 is 0 Å². The molecule has 6 heteroatoms. The standard InChI is InChI=1S/C16H13BrN2O2S/c1-10(11-4-6-12(17)7-5-11)18-16(20)13-9-14(21-19-13)15-3-2-8-22-15/h2-10H,1H3,(H,18,20). The van der Waals surface area contributed by atoms with E-state index in [2.05, 4.69) is 26.4 Å². The minimum atomic E-state index is -0.248. The molecule has 3 rings (SSSR count). The summed E-state index contributed by atoms with van der Waals surface area (Å²) in [4.78, 5) is 13.2. The van der Waals surface area contributed by atoms with Crippen molar-refractivity contribution in [3.05, 3.63) is 63.6 Å². The Hall–Kier alpha value is -1.92. The predicted octanol–water partition coefficient (Wildman–Crippen LogP) is 4.66. The maximum atomic E-state index is 12.2. The number of rotatable bonds is 4. The van der Waals surface area contributed by atoms with Crippen LogP contribution in [0.4, 0.5) is 0 Å². The topological polar surface area (TPSA) is 55.1 Å². The van der Waals surface area contributed by atoms with Gasteiger partial charge < -0.3 is 9.84 Å². The first-order valence-corrected chi connectivity index (χ1v) is 8.37. The van der Waals surface area contributed by atoms with Gasteiger partial charge in [-0.25, -0.2) is 0 Å². The van der Waals surface area contributed by atoms with Gasteiger partial charge in [0.2, 0.25) is 0 Å². The Morgan fingerprint density at radius 2 is 2.09 bits per heavy atom. The summed E-state index contributed by atoms with van der Waals surface area (Å²) in [6.07, 6.45) is 0. The Bertz CT molecular complexity index is 766. The zero-order valence-electron chi connectivity index (χ0n) is 11.7. The van der Waals surface area contributed by atoms with E-state index < -0.39 is 0 Å². The van der Waals surface area contributed by atoms with E-state index in [1.165, 1.54) is 0 Å². The summed E-state index contributed by atoms with van der Waals surface area (Å²) >= 11 is 4.94. The number of nitrogens with one attached hydrogen (secondary N) is 1. The lowest BCUT2D eigenvalue weighted by Crippen LogP contribution is -2.26. The van der Waals surface area contributed by atoms with Crippen molar-refractivity contribution in [1.29, 1.82) is 0 Å². The Morgan fingerprint density at radius 1 is 1.32 bits per heavy atom. The number of nitrogens with zero attached hydrogens (tertiary/aromatic N) is 1. The van der Waals surface area contributed by atoms with E-state index in [-0.39, 0.29) is 17.6 Å². The van der Waals surface area contributed by atoms with Gasteiger partial charge in [0.15, 0.2) is 11.5 Å². The van der Waals surface area contributed by atoms with Crippen LogP contribution < -0.4 is 5.32 Å². The van der Waals surface area contributed by atoms with Gasteiger partial charge in [-0.3, -0.25) is 4.79 Å². The highest BCUT2D eigenvalue weighted by molar-refractivity contribution is 9.10. The van der Waals surface area contributed by atoms with Crippen LogP contribution >= 0.6 is 27.3 Å². The second kappa shape index (κ2) is 6.46. The molecule has 1 atom stereocenters. The molecule has 22 heavy (non-hydrogen) atoms. The maximum Gasteiger partial charge on any atom is 0.273 e. The van der Waals surface area contributed by atoms with Crippen LogP contribution in [0.3, 0.4) is 0 Å². The van der Waals surface area contributed by atoms with Gasteiger partial charge in [-0.2, -0.15) is 0 Å². The molecule has 1 N–H and O–H groups in total. The summed E-state index contributed by atoms with van der Waals surface area (Å²) < 4.78 is 6.23. The first kappa shape index (κ1) is 15.0. The predicted molar refractivity (Wildman–Crippen MR) is 89.8 cm³/mol. The second-order valence-corrected chi connectivity index (χ2v) is 6.66. The Morgan fingerprint density at radius 3 is 2.77 bits per heavy atom. The van der Waals surface area contributed by atoms with Gasteiger partial charge in [0.25, 0.3) is 5.91 Å². The molecule has 0 fully saturated rings. The molecule has 4 nitrogen and oxygen atoms in total. The van der Waals surface area contributed by atoms with Gasteiger partial charge in [-0.05, 0) is 36.1 Å². The first-order chi connectivity index (χ1) is 10.6. The van der Waals surface area contributed by atoms with Crippen LogP contribution in [-0.4, -0.2) is 11.1 Å². The van der Waals surface area contributed by atoms with E-state index in [1.807, 2.05) is 48.7 Å². The molecular weight excluding hydrogens is 364 g/mol. The van der Waals surface area contributed by atoms with Crippen molar-refractivity contribution >= 4 is 33.2 Å². The first-order valence-electron chi connectivity index (χ1n) is 6.70. The van der Waals surface area contributed by atoms with Crippen molar-refractivity contribution in [2.75, 3.05) is 0 Å². The highest BCUT2D eigenvalue weighted by atomic mass is 79.9.